The molecule has 0 saturated heterocycles. The Morgan fingerprint density at radius 2 is 2.25 bits per heavy atom. The summed E-state index contributed by atoms with van der Waals surface area (Å²) in [5.74, 6) is -0.153. The minimum Gasteiger partial charge on any atom is -0.478 e. The van der Waals surface area contributed by atoms with E-state index < -0.39 is 5.97 Å². The topological polar surface area (TPSA) is 68.0 Å². The van der Waals surface area contributed by atoms with E-state index in [9.17, 15) is 9.90 Å². The molecule has 2 heterocycles. The number of carbonyl (C=O) groups is 1. The predicted molar refractivity (Wildman–Crippen MR) is 77.4 cm³/mol. The maximum atomic E-state index is 11.4. The Labute approximate surface area is 119 Å². The van der Waals surface area contributed by atoms with Gasteiger partial charge in [-0.15, -0.1) is 11.3 Å². The summed E-state index contributed by atoms with van der Waals surface area (Å²) < 4.78 is 1.94. The smallest absolute Gasteiger partial charge is 0.337 e. The van der Waals surface area contributed by atoms with Gasteiger partial charge < -0.3 is 9.67 Å². The van der Waals surface area contributed by atoms with Crippen LogP contribution in [0.4, 0.5) is 0 Å². The second kappa shape index (κ2) is 4.72. The molecule has 102 valence electrons. The first-order chi connectivity index (χ1) is 9.59. The zero-order chi connectivity index (χ0) is 14.3. The van der Waals surface area contributed by atoms with Crippen molar-refractivity contribution >= 4 is 28.3 Å². The van der Waals surface area contributed by atoms with Crippen LogP contribution in [0.15, 0.2) is 29.8 Å². The molecule has 20 heavy (non-hydrogen) atoms. The molecular formula is C14H13N3O2S. The molecule has 0 amide bonds. The minimum absolute atomic E-state index is 0.0412. The Bertz CT molecular complexity index is 777. The standard InChI is InChI=1S/C14H13N3O2S/c1-8(13-15-6-7-20-13)17-9(2)16-11-5-3-4-10(12(11)17)14(18)19/h3-8H,1-2H3,(H,18,19). The number of thiazole rings is 1. The van der Waals surface area contributed by atoms with Crippen molar-refractivity contribution < 1.29 is 9.90 Å². The number of nitrogens with zero attached hydrogens (tertiary/aromatic N) is 3. The number of aryl methyl sites for hydroxylation is 1. The van der Waals surface area contributed by atoms with Gasteiger partial charge in [0, 0.05) is 11.6 Å². The SMILES string of the molecule is Cc1nc2cccc(C(=O)O)c2n1C(C)c1nccs1. The van der Waals surface area contributed by atoms with Crippen molar-refractivity contribution in [3.63, 3.8) is 0 Å². The van der Waals surface area contributed by atoms with E-state index in [4.69, 9.17) is 0 Å². The monoisotopic (exact) mass is 287 g/mol. The molecule has 0 aliphatic heterocycles. The lowest BCUT2D eigenvalue weighted by atomic mass is 10.1. The third-order valence-electron chi connectivity index (χ3n) is 3.31. The second-order valence-electron chi connectivity index (χ2n) is 4.55. The molecule has 5 nitrogen and oxygen atoms in total. The maximum Gasteiger partial charge on any atom is 0.337 e. The molecule has 0 aliphatic rings. The zero-order valence-corrected chi connectivity index (χ0v) is 11.9. The summed E-state index contributed by atoms with van der Waals surface area (Å²) in [5.41, 5.74) is 1.62. The van der Waals surface area contributed by atoms with Crippen LogP contribution in [0.2, 0.25) is 0 Å². The van der Waals surface area contributed by atoms with Gasteiger partial charge in [0.1, 0.15) is 10.8 Å². The van der Waals surface area contributed by atoms with E-state index in [1.54, 1.807) is 29.7 Å². The Kier molecular flexibility index (Phi) is 3.02. The van der Waals surface area contributed by atoms with Gasteiger partial charge in [-0.1, -0.05) is 6.07 Å². The van der Waals surface area contributed by atoms with Crippen molar-refractivity contribution in [2.75, 3.05) is 0 Å². The highest BCUT2D eigenvalue weighted by Gasteiger charge is 2.21. The lowest BCUT2D eigenvalue weighted by molar-refractivity contribution is 0.0698. The number of hydrogen-bond donors (Lipinski definition) is 1. The molecule has 0 aliphatic carbocycles. The summed E-state index contributed by atoms with van der Waals surface area (Å²) >= 11 is 1.55. The average Bonchev–Trinajstić information content (AvgIpc) is 3.03. The minimum atomic E-state index is -0.942. The van der Waals surface area contributed by atoms with Crippen LogP contribution in [-0.2, 0) is 0 Å². The predicted octanol–water partition coefficient (Wildman–Crippen LogP) is 3.11. The molecular weight excluding hydrogens is 274 g/mol. The summed E-state index contributed by atoms with van der Waals surface area (Å²) in [6.45, 7) is 3.89. The number of para-hydroxylation sites is 1. The molecule has 0 fully saturated rings. The van der Waals surface area contributed by atoms with Crippen LogP contribution < -0.4 is 0 Å². The number of benzene rings is 1. The molecule has 1 aromatic carbocycles. The molecule has 1 atom stereocenters. The van der Waals surface area contributed by atoms with Gasteiger partial charge in [-0.3, -0.25) is 0 Å². The Hall–Kier alpha value is -2.21. The van der Waals surface area contributed by atoms with Crippen molar-refractivity contribution in [2.45, 2.75) is 19.9 Å². The molecule has 6 heteroatoms. The summed E-state index contributed by atoms with van der Waals surface area (Å²) in [7, 11) is 0. The van der Waals surface area contributed by atoms with Crippen LogP contribution in [0.1, 0.15) is 34.2 Å². The molecule has 2 aromatic heterocycles. The Morgan fingerprint density at radius 1 is 1.45 bits per heavy atom. The van der Waals surface area contributed by atoms with Crippen molar-refractivity contribution in [3.05, 3.63) is 46.2 Å². The van der Waals surface area contributed by atoms with E-state index in [0.717, 1.165) is 10.8 Å². The highest BCUT2D eigenvalue weighted by Crippen LogP contribution is 2.28. The van der Waals surface area contributed by atoms with Crippen molar-refractivity contribution in [3.8, 4) is 0 Å². The average molecular weight is 287 g/mol. The van der Waals surface area contributed by atoms with Gasteiger partial charge >= 0.3 is 5.97 Å². The number of carboxylic acids is 1. The maximum absolute atomic E-state index is 11.4. The number of aromatic nitrogens is 3. The first-order valence-corrected chi connectivity index (χ1v) is 7.08. The number of carboxylic acid groups (broad SMARTS) is 1. The first-order valence-electron chi connectivity index (χ1n) is 6.20. The van der Waals surface area contributed by atoms with Gasteiger partial charge in [-0.05, 0) is 26.0 Å². The fraction of sp³-hybridized carbons (Fsp3) is 0.214. The number of aromatic carboxylic acids is 1. The van der Waals surface area contributed by atoms with Gasteiger partial charge in [0.25, 0.3) is 0 Å². The largest absolute Gasteiger partial charge is 0.478 e. The Balaban J connectivity index is 2.29. The molecule has 3 rings (SSSR count). The third kappa shape index (κ3) is 1.89. The van der Waals surface area contributed by atoms with E-state index in [2.05, 4.69) is 9.97 Å². The van der Waals surface area contributed by atoms with Crippen LogP contribution in [0.3, 0.4) is 0 Å². The van der Waals surface area contributed by atoms with E-state index >= 15 is 0 Å². The normalized spacial score (nSPS) is 12.7. The second-order valence-corrected chi connectivity index (χ2v) is 5.48. The lowest BCUT2D eigenvalue weighted by Gasteiger charge is -2.15. The van der Waals surface area contributed by atoms with Crippen LogP contribution in [0, 0.1) is 6.92 Å². The highest BCUT2D eigenvalue weighted by molar-refractivity contribution is 7.09. The molecule has 0 saturated carbocycles. The van der Waals surface area contributed by atoms with Gasteiger partial charge in [-0.25, -0.2) is 14.8 Å². The van der Waals surface area contributed by atoms with Crippen LogP contribution in [-0.4, -0.2) is 25.6 Å². The zero-order valence-electron chi connectivity index (χ0n) is 11.1. The van der Waals surface area contributed by atoms with Crippen molar-refractivity contribution in [1.82, 2.24) is 14.5 Å². The number of hydrogen-bond acceptors (Lipinski definition) is 4. The highest BCUT2D eigenvalue weighted by atomic mass is 32.1. The fourth-order valence-electron chi connectivity index (χ4n) is 2.46. The van der Waals surface area contributed by atoms with E-state index in [0.29, 0.717) is 11.0 Å². The molecule has 0 bridgehead atoms. The molecule has 1 N–H and O–H groups in total. The van der Waals surface area contributed by atoms with Crippen LogP contribution in [0.25, 0.3) is 11.0 Å². The molecule has 0 spiro atoms. The van der Waals surface area contributed by atoms with Crippen molar-refractivity contribution in [2.24, 2.45) is 0 Å². The molecule has 1 unspecified atom stereocenters. The number of fused-ring (bicyclic) bond motifs is 1. The van der Waals surface area contributed by atoms with Gasteiger partial charge in [-0.2, -0.15) is 0 Å². The van der Waals surface area contributed by atoms with E-state index in [-0.39, 0.29) is 11.6 Å². The van der Waals surface area contributed by atoms with Gasteiger partial charge in [0.2, 0.25) is 0 Å². The Morgan fingerprint density at radius 3 is 2.90 bits per heavy atom. The summed E-state index contributed by atoms with van der Waals surface area (Å²) in [6.07, 6.45) is 1.75. The third-order valence-corrected chi connectivity index (χ3v) is 4.26. The lowest BCUT2D eigenvalue weighted by Crippen LogP contribution is -2.10. The van der Waals surface area contributed by atoms with E-state index in [1.807, 2.05) is 29.9 Å². The summed E-state index contributed by atoms with van der Waals surface area (Å²) in [4.78, 5) is 20.2. The molecule has 0 radical (unpaired) electrons. The van der Waals surface area contributed by atoms with Gasteiger partial charge in [0.15, 0.2) is 0 Å². The molecule has 3 aromatic rings. The van der Waals surface area contributed by atoms with Gasteiger partial charge in [0.05, 0.1) is 22.6 Å². The van der Waals surface area contributed by atoms with Crippen molar-refractivity contribution in [1.29, 1.82) is 0 Å². The fourth-order valence-corrected chi connectivity index (χ4v) is 3.15. The van der Waals surface area contributed by atoms with Crippen LogP contribution >= 0.6 is 11.3 Å². The quantitative estimate of drug-likeness (QED) is 0.803. The number of imidazole rings is 1. The summed E-state index contributed by atoms with van der Waals surface area (Å²) in [5, 5.41) is 12.2. The first kappa shape index (κ1) is 12.8. The van der Waals surface area contributed by atoms with Crippen LogP contribution in [0.5, 0.6) is 0 Å². The van der Waals surface area contributed by atoms with E-state index in [1.165, 1.54) is 0 Å². The summed E-state index contributed by atoms with van der Waals surface area (Å²) in [6, 6.07) is 5.12. The number of rotatable bonds is 3.